The number of carbonyl (C=O) groups is 1. The molecule has 0 saturated carbocycles. The van der Waals surface area contributed by atoms with Crippen molar-refractivity contribution in [2.24, 2.45) is 0 Å². The average Bonchev–Trinajstić information content (AvgIpc) is 2.64. The van der Waals surface area contributed by atoms with Crippen LogP contribution in [-0.2, 0) is 10.0 Å². The zero-order valence-electron chi connectivity index (χ0n) is 16.0. The molecule has 2 rings (SSSR count). The van der Waals surface area contributed by atoms with Crippen molar-refractivity contribution >= 4 is 27.3 Å². The Morgan fingerprint density at radius 2 is 1.63 bits per heavy atom. The Bertz CT molecular complexity index is 880. The molecule has 0 heterocycles. The maximum absolute atomic E-state index is 12.3. The van der Waals surface area contributed by atoms with E-state index < -0.39 is 10.0 Å². The molecule has 0 atom stereocenters. The van der Waals surface area contributed by atoms with Gasteiger partial charge in [0.2, 0.25) is 10.0 Å². The molecule has 0 spiro atoms. The molecule has 27 heavy (non-hydrogen) atoms. The Labute approximate surface area is 160 Å². The second-order valence-electron chi connectivity index (χ2n) is 6.20. The maximum atomic E-state index is 12.3. The van der Waals surface area contributed by atoms with E-state index in [0.717, 1.165) is 11.9 Å². The number of hydrogen-bond donors (Lipinski definition) is 1. The van der Waals surface area contributed by atoms with Gasteiger partial charge in [-0.05, 0) is 36.4 Å². The molecular weight excluding hydrogens is 366 g/mol. The fourth-order valence-corrected chi connectivity index (χ4v) is 3.53. The number of nitrogens with one attached hydrogen (secondary N) is 1. The van der Waals surface area contributed by atoms with Gasteiger partial charge in [0.1, 0.15) is 5.75 Å². The van der Waals surface area contributed by atoms with Crippen LogP contribution >= 0.6 is 0 Å². The third-order valence-corrected chi connectivity index (χ3v) is 5.20. The number of ether oxygens (including phenoxy) is 1. The first-order valence-electron chi connectivity index (χ1n) is 8.40. The van der Waals surface area contributed by atoms with Crippen molar-refractivity contribution in [1.82, 2.24) is 5.32 Å². The lowest BCUT2D eigenvalue weighted by Gasteiger charge is -2.23. The predicted octanol–water partition coefficient (Wildman–Crippen LogP) is 1.96. The molecule has 0 unspecified atom stereocenters. The molecule has 0 saturated heterocycles. The molecule has 0 aliphatic heterocycles. The largest absolute Gasteiger partial charge is 0.496 e. The van der Waals surface area contributed by atoms with Gasteiger partial charge in [0.25, 0.3) is 5.91 Å². The molecule has 0 aromatic heterocycles. The number of methoxy groups -OCH3 is 1. The monoisotopic (exact) mass is 391 g/mol. The lowest BCUT2D eigenvalue weighted by Crippen LogP contribution is -2.38. The summed E-state index contributed by atoms with van der Waals surface area (Å²) in [5.41, 5.74) is 1.92. The summed E-state index contributed by atoms with van der Waals surface area (Å²) in [5.74, 6) is 0.151. The Balaban J connectivity index is 2.08. The summed E-state index contributed by atoms with van der Waals surface area (Å²) in [4.78, 5) is 14.3. The van der Waals surface area contributed by atoms with Crippen molar-refractivity contribution in [2.45, 2.75) is 0 Å². The predicted molar refractivity (Wildman–Crippen MR) is 108 cm³/mol. The number of nitrogens with zero attached hydrogens (tertiary/aromatic N) is 2. The normalized spacial score (nSPS) is 11.0. The van der Waals surface area contributed by atoms with Crippen molar-refractivity contribution in [2.75, 3.05) is 49.8 Å². The first-order chi connectivity index (χ1) is 12.7. The molecule has 2 aromatic carbocycles. The molecule has 2 aromatic rings. The smallest absolute Gasteiger partial charge is 0.255 e. The number of benzene rings is 2. The molecule has 8 heteroatoms. The van der Waals surface area contributed by atoms with Crippen LogP contribution in [0, 0.1) is 0 Å². The number of amides is 1. The van der Waals surface area contributed by atoms with Crippen LogP contribution in [-0.4, -0.2) is 54.9 Å². The third-order valence-electron chi connectivity index (χ3n) is 4.01. The molecule has 7 nitrogen and oxygen atoms in total. The number of rotatable bonds is 8. The van der Waals surface area contributed by atoms with Gasteiger partial charge < -0.3 is 15.0 Å². The Morgan fingerprint density at radius 3 is 2.19 bits per heavy atom. The highest BCUT2D eigenvalue weighted by Crippen LogP contribution is 2.21. The summed E-state index contributed by atoms with van der Waals surface area (Å²) in [6.07, 6.45) is 1.15. The third kappa shape index (κ3) is 5.37. The highest BCUT2D eigenvalue weighted by atomic mass is 32.2. The Morgan fingerprint density at radius 1 is 1.04 bits per heavy atom. The van der Waals surface area contributed by atoms with E-state index in [-0.39, 0.29) is 19.0 Å². The molecule has 1 amide bonds. The summed E-state index contributed by atoms with van der Waals surface area (Å²) < 4.78 is 30.8. The highest BCUT2D eigenvalue weighted by molar-refractivity contribution is 7.92. The molecule has 0 aliphatic carbocycles. The fourth-order valence-electron chi connectivity index (χ4n) is 2.60. The van der Waals surface area contributed by atoms with Gasteiger partial charge in [-0.1, -0.05) is 12.1 Å². The van der Waals surface area contributed by atoms with Crippen molar-refractivity contribution < 1.29 is 17.9 Å². The van der Waals surface area contributed by atoms with Crippen molar-refractivity contribution in [1.29, 1.82) is 0 Å². The van der Waals surface area contributed by atoms with Gasteiger partial charge >= 0.3 is 0 Å². The van der Waals surface area contributed by atoms with E-state index in [1.807, 2.05) is 31.1 Å². The minimum atomic E-state index is -3.48. The van der Waals surface area contributed by atoms with Crippen LogP contribution in [0.2, 0.25) is 0 Å². The van der Waals surface area contributed by atoms with E-state index in [2.05, 4.69) is 5.32 Å². The molecule has 0 aliphatic rings. The zero-order chi connectivity index (χ0) is 20.0. The van der Waals surface area contributed by atoms with E-state index in [4.69, 9.17) is 4.74 Å². The van der Waals surface area contributed by atoms with Crippen LogP contribution in [0.15, 0.2) is 48.5 Å². The number of sulfonamides is 1. The van der Waals surface area contributed by atoms with Gasteiger partial charge in [-0.2, -0.15) is 0 Å². The molecule has 146 valence electrons. The van der Waals surface area contributed by atoms with E-state index in [1.165, 1.54) is 11.4 Å². The van der Waals surface area contributed by atoms with E-state index in [1.54, 1.807) is 36.4 Å². The van der Waals surface area contributed by atoms with Crippen LogP contribution in [0.25, 0.3) is 0 Å². The van der Waals surface area contributed by atoms with E-state index in [0.29, 0.717) is 17.0 Å². The van der Waals surface area contributed by atoms with Crippen molar-refractivity contribution in [3.8, 4) is 5.75 Å². The van der Waals surface area contributed by atoms with Gasteiger partial charge in [-0.25, -0.2) is 8.42 Å². The highest BCUT2D eigenvalue weighted by Gasteiger charge is 2.18. The molecule has 0 fully saturated rings. The molecule has 0 bridgehead atoms. The molecule has 1 N–H and O–H groups in total. The maximum Gasteiger partial charge on any atom is 0.255 e. The first kappa shape index (κ1) is 20.6. The zero-order valence-corrected chi connectivity index (χ0v) is 16.8. The van der Waals surface area contributed by atoms with Crippen molar-refractivity contribution in [3.63, 3.8) is 0 Å². The number of anilines is 2. The van der Waals surface area contributed by atoms with Gasteiger partial charge in [0.05, 0.1) is 31.2 Å². The van der Waals surface area contributed by atoms with Gasteiger partial charge in [0.15, 0.2) is 0 Å². The van der Waals surface area contributed by atoms with Gasteiger partial charge in [-0.3, -0.25) is 9.10 Å². The SMILES string of the molecule is COc1ccccc1C(=O)NCCN(c1ccc(N(C)C)cc1)S(C)(=O)=O. The van der Waals surface area contributed by atoms with Crippen LogP contribution in [0.5, 0.6) is 5.75 Å². The second-order valence-corrected chi connectivity index (χ2v) is 8.11. The molecular formula is C19H25N3O4S. The Hall–Kier alpha value is -2.74. The lowest BCUT2D eigenvalue weighted by molar-refractivity contribution is 0.0952. The molecule has 0 radical (unpaired) electrons. The fraction of sp³-hybridized carbons (Fsp3) is 0.316. The summed E-state index contributed by atoms with van der Waals surface area (Å²) in [6.45, 7) is 0.292. The summed E-state index contributed by atoms with van der Waals surface area (Å²) in [6, 6.07) is 14.1. The number of carbonyl (C=O) groups excluding carboxylic acids is 1. The van der Waals surface area contributed by atoms with Gasteiger partial charge in [-0.15, -0.1) is 0 Å². The topological polar surface area (TPSA) is 79.0 Å². The second kappa shape index (κ2) is 8.77. The number of hydrogen-bond acceptors (Lipinski definition) is 5. The van der Waals surface area contributed by atoms with Gasteiger partial charge in [0, 0.05) is 26.3 Å². The van der Waals surface area contributed by atoms with E-state index >= 15 is 0 Å². The van der Waals surface area contributed by atoms with Crippen LogP contribution in [0.4, 0.5) is 11.4 Å². The first-order valence-corrected chi connectivity index (χ1v) is 10.2. The minimum Gasteiger partial charge on any atom is -0.496 e. The van der Waals surface area contributed by atoms with Crippen LogP contribution < -0.4 is 19.3 Å². The standard InChI is InChI=1S/C19H25N3O4S/c1-21(2)15-9-11-16(12-10-15)22(27(4,24)25)14-13-20-19(23)17-7-5-6-8-18(17)26-3/h5-12H,13-14H2,1-4H3,(H,20,23). The van der Waals surface area contributed by atoms with Crippen molar-refractivity contribution in [3.05, 3.63) is 54.1 Å². The minimum absolute atomic E-state index is 0.126. The summed E-state index contributed by atoms with van der Waals surface area (Å²) in [5, 5.41) is 2.74. The van der Waals surface area contributed by atoms with Crippen LogP contribution in [0.1, 0.15) is 10.4 Å². The van der Waals surface area contributed by atoms with Crippen LogP contribution in [0.3, 0.4) is 0 Å². The Kier molecular flexibility index (Phi) is 6.68. The average molecular weight is 391 g/mol. The summed E-state index contributed by atoms with van der Waals surface area (Å²) in [7, 11) is 1.84. The quantitative estimate of drug-likeness (QED) is 0.744. The summed E-state index contributed by atoms with van der Waals surface area (Å²) >= 11 is 0. The van der Waals surface area contributed by atoms with E-state index in [9.17, 15) is 13.2 Å². The lowest BCUT2D eigenvalue weighted by atomic mass is 10.2. The number of para-hydroxylation sites is 1.